The summed E-state index contributed by atoms with van der Waals surface area (Å²) in [5.41, 5.74) is 7.69. The molecule has 36 heavy (non-hydrogen) atoms. The van der Waals surface area contributed by atoms with Gasteiger partial charge in [0.05, 0.1) is 5.69 Å². The molecular weight excluding hydrogens is 463 g/mol. The molecule has 0 fully saturated rings. The Labute approximate surface area is 208 Å². The highest BCUT2D eigenvalue weighted by Gasteiger charge is 2.32. The lowest BCUT2D eigenvalue weighted by Crippen LogP contribution is -2.42. The van der Waals surface area contributed by atoms with Crippen molar-refractivity contribution < 1.29 is 9.18 Å². The number of aromatic amines is 1. The summed E-state index contributed by atoms with van der Waals surface area (Å²) in [7, 11) is 0. The summed E-state index contributed by atoms with van der Waals surface area (Å²) in [4.78, 5) is 43.2. The third-order valence-electron chi connectivity index (χ3n) is 6.60. The van der Waals surface area contributed by atoms with Crippen LogP contribution in [0, 0.1) is 11.7 Å². The standard InChI is InChI=1S/C26H33FN6O3/c1-4-5-14-32-23(28)22(24(34)29-26(32)36)31(15-13-16(2)3)25(35)21-19-7-6-8-20(19)33(30-21)18-11-9-17(27)10-12-18/h9-12,16H,4-8,13-15,28H2,1-3H3,(H,29,34,36). The normalized spacial score (nSPS) is 12.8. The molecule has 0 unspecified atom stereocenters. The first-order chi connectivity index (χ1) is 17.2. The number of nitrogens with zero attached hydrogens (tertiary/aromatic N) is 4. The zero-order valence-electron chi connectivity index (χ0n) is 21.0. The Hall–Kier alpha value is -3.69. The summed E-state index contributed by atoms with van der Waals surface area (Å²) in [6.45, 7) is 6.63. The van der Waals surface area contributed by atoms with Crippen LogP contribution in [0.3, 0.4) is 0 Å². The first-order valence-electron chi connectivity index (χ1n) is 12.5. The Morgan fingerprint density at radius 2 is 1.94 bits per heavy atom. The van der Waals surface area contributed by atoms with Crippen LogP contribution in [0.2, 0.25) is 0 Å². The van der Waals surface area contributed by atoms with E-state index in [1.54, 1.807) is 16.8 Å². The van der Waals surface area contributed by atoms with Gasteiger partial charge in [0.15, 0.2) is 11.4 Å². The fraction of sp³-hybridized carbons (Fsp3) is 0.462. The van der Waals surface area contributed by atoms with Gasteiger partial charge >= 0.3 is 5.69 Å². The number of halogens is 1. The van der Waals surface area contributed by atoms with Crippen LogP contribution in [-0.2, 0) is 19.4 Å². The molecule has 192 valence electrons. The van der Waals surface area contributed by atoms with E-state index in [2.05, 4.69) is 10.1 Å². The number of anilines is 2. The zero-order valence-corrected chi connectivity index (χ0v) is 21.0. The molecular formula is C26H33FN6O3. The molecule has 3 aromatic rings. The maximum absolute atomic E-state index is 14.0. The Balaban J connectivity index is 1.83. The summed E-state index contributed by atoms with van der Waals surface area (Å²) in [6, 6.07) is 5.96. The summed E-state index contributed by atoms with van der Waals surface area (Å²) in [6.07, 6.45) is 4.44. The summed E-state index contributed by atoms with van der Waals surface area (Å²) < 4.78 is 16.5. The van der Waals surface area contributed by atoms with Crippen molar-refractivity contribution >= 4 is 17.4 Å². The molecule has 4 rings (SSSR count). The first-order valence-corrected chi connectivity index (χ1v) is 12.5. The van der Waals surface area contributed by atoms with Gasteiger partial charge in [-0.2, -0.15) is 5.10 Å². The molecule has 1 aliphatic carbocycles. The van der Waals surface area contributed by atoms with Gasteiger partial charge in [0.1, 0.15) is 11.6 Å². The van der Waals surface area contributed by atoms with Crippen molar-refractivity contribution in [3.63, 3.8) is 0 Å². The van der Waals surface area contributed by atoms with E-state index in [9.17, 15) is 18.8 Å². The van der Waals surface area contributed by atoms with E-state index in [-0.39, 0.29) is 35.5 Å². The average molecular weight is 497 g/mol. The smallest absolute Gasteiger partial charge is 0.330 e. The number of rotatable bonds is 9. The zero-order chi connectivity index (χ0) is 26.0. The molecule has 1 aliphatic rings. The quantitative estimate of drug-likeness (QED) is 0.470. The number of carbonyl (C=O) groups is 1. The number of unbranched alkanes of at least 4 members (excludes halogenated alkanes) is 1. The molecule has 3 N–H and O–H groups in total. The third kappa shape index (κ3) is 4.84. The molecule has 2 aromatic heterocycles. The van der Waals surface area contributed by atoms with Gasteiger partial charge in [0.2, 0.25) is 0 Å². The number of carbonyl (C=O) groups excluding carboxylic acids is 1. The Morgan fingerprint density at radius 1 is 1.22 bits per heavy atom. The Kier molecular flexibility index (Phi) is 7.42. The number of amides is 1. The number of benzene rings is 1. The minimum Gasteiger partial charge on any atom is -0.383 e. The molecule has 0 atom stereocenters. The second-order valence-electron chi connectivity index (χ2n) is 9.65. The minimum absolute atomic E-state index is 0.0241. The molecule has 0 saturated heterocycles. The molecule has 0 spiro atoms. The largest absolute Gasteiger partial charge is 0.383 e. The first kappa shape index (κ1) is 25.4. The minimum atomic E-state index is -0.697. The predicted molar refractivity (Wildman–Crippen MR) is 137 cm³/mol. The second kappa shape index (κ2) is 10.5. The van der Waals surface area contributed by atoms with Gasteiger partial charge in [0.25, 0.3) is 11.5 Å². The molecule has 0 saturated carbocycles. The van der Waals surface area contributed by atoms with E-state index in [1.165, 1.54) is 21.6 Å². The Morgan fingerprint density at radius 3 is 2.61 bits per heavy atom. The fourth-order valence-electron chi connectivity index (χ4n) is 4.61. The lowest BCUT2D eigenvalue weighted by Gasteiger charge is -2.25. The van der Waals surface area contributed by atoms with E-state index in [0.717, 1.165) is 30.5 Å². The lowest BCUT2D eigenvalue weighted by molar-refractivity contribution is 0.0979. The van der Waals surface area contributed by atoms with E-state index in [4.69, 9.17) is 5.73 Å². The predicted octanol–water partition coefficient (Wildman–Crippen LogP) is 3.43. The lowest BCUT2D eigenvalue weighted by atomic mass is 10.1. The van der Waals surface area contributed by atoms with Crippen LogP contribution in [-0.4, -0.2) is 31.8 Å². The van der Waals surface area contributed by atoms with Gasteiger partial charge in [-0.3, -0.25) is 24.0 Å². The van der Waals surface area contributed by atoms with Crippen molar-refractivity contribution in [3.05, 3.63) is 67.9 Å². The molecule has 2 heterocycles. The van der Waals surface area contributed by atoms with Gasteiger partial charge in [0, 0.05) is 24.3 Å². The molecule has 1 amide bonds. The van der Waals surface area contributed by atoms with E-state index >= 15 is 0 Å². The fourth-order valence-corrected chi connectivity index (χ4v) is 4.61. The van der Waals surface area contributed by atoms with Crippen LogP contribution in [0.15, 0.2) is 33.9 Å². The number of hydrogen-bond acceptors (Lipinski definition) is 5. The highest BCUT2D eigenvalue weighted by molar-refractivity contribution is 6.07. The van der Waals surface area contributed by atoms with Crippen molar-refractivity contribution in [1.29, 1.82) is 0 Å². The molecule has 0 bridgehead atoms. The maximum Gasteiger partial charge on any atom is 0.330 e. The number of fused-ring (bicyclic) bond motifs is 1. The van der Waals surface area contributed by atoms with Crippen molar-refractivity contribution in [2.24, 2.45) is 5.92 Å². The van der Waals surface area contributed by atoms with Crippen molar-refractivity contribution in [1.82, 2.24) is 19.3 Å². The van der Waals surface area contributed by atoms with E-state index < -0.39 is 17.2 Å². The molecule has 0 radical (unpaired) electrons. The summed E-state index contributed by atoms with van der Waals surface area (Å²) in [5, 5.41) is 4.64. The molecule has 9 nitrogen and oxygen atoms in total. The maximum atomic E-state index is 14.0. The van der Waals surface area contributed by atoms with Gasteiger partial charge in [-0.25, -0.2) is 13.9 Å². The van der Waals surface area contributed by atoms with Crippen molar-refractivity contribution in [2.45, 2.75) is 65.8 Å². The van der Waals surface area contributed by atoms with Crippen LogP contribution >= 0.6 is 0 Å². The van der Waals surface area contributed by atoms with Crippen LogP contribution in [0.1, 0.15) is 68.2 Å². The van der Waals surface area contributed by atoms with Gasteiger partial charge in [-0.1, -0.05) is 27.2 Å². The average Bonchev–Trinajstić information content (AvgIpc) is 3.44. The summed E-state index contributed by atoms with van der Waals surface area (Å²) >= 11 is 0. The summed E-state index contributed by atoms with van der Waals surface area (Å²) in [5.74, 6) is -0.558. The number of H-pyrrole nitrogens is 1. The monoisotopic (exact) mass is 496 g/mol. The number of aromatic nitrogens is 4. The SMILES string of the molecule is CCCCn1c(N)c(N(CCC(C)C)C(=O)c2nn(-c3ccc(F)cc3)c3c2CCC3)c(=O)[nH]c1=O. The van der Waals surface area contributed by atoms with E-state index in [0.29, 0.717) is 31.5 Å². The third-order valence-corrected chi connectivity index (χ3v) is 6.60. The van der Waals surface area contributed by atoms with Gasteiger partial charge < -0.3 is 5.73 Å². The highest BCUT2D eigenvalue weighted by Crippen LogP contribution is 2.30. The van der Waals surface area contributed by atoms with Crippen LogP contribution in [0.4, 0.5) is 15.9 Å². The van der Waals surface area contributed by atoms with Crippen molar-refractivity contribution in [2.75, 3.05) is 17.2 Å². The topological polar surface area (TPSA) is 119 Å². The number of nitrogens with one attached hydrogen (secondary N) is 1. The second-order valence-corrected chi connectivity index (χ2v) is 9.65. The van der Waals surface area contributed by atoms with Gasteiger partial charge in [-0.15, -0.1) is 0 Å². The number of nitrogen functional groups attached to an aromatic ring is 1. The van der Waals surface area contributed by atoms with Gasteiger partial charge in [-0.05, 0) is 62.3 Å². The van der Waals surface area contributed by atoms with Crippen LogP contribution in [0.25, 0.3) is 5.69 Å². The number of nitrogens with two attached hydrogens (primary N) is 1. The van der Waals surface area contributed by atoms with Crippen LogP contribution in [0.5, 0.6) is 0 Å². The van der Waals surface area contributed by atoms with Crippen molar-refractivity contribution in [3.8, 4) is 5.69 Å². The molecule has 0 aliphatic heterocycles. The molecule has 10 heteroatoms. The van der Waals surface area contributed by atoms with Crippen LogP contribution < -0.4 is 21.9 Å². The van der Waals surface area contributed by atoms with E-state index in [1.807, 2.05) is 20.8 Å². The highest BCUT2D eigenvalue weighted by atomic mass is 19.1. The Bertz CT molecular complexity index is 1370. The number of hydrogen-bond donors (Lipinski definition) is 2. The molecule has 1 aromatic carbocycles.